The molecule has 0 radical (unpaired) electrons. The lowest BCUT2D eigenvalue weighted by Gasteiger charge is -2.09. The summed E-state index contributed by atoms with van der Waals surface area (Å²) in [4.78, 5) is 12.6. The second-order valence-electron chi connectivity index (χ2n) is 4.51. The molecule has 0 aliphatic rings. The van der Waals surface area contributed by atoms with E-state index >= 15 is 0 Å². The van der Waals surface area contributed by atoms with Crippen molar-refractivity contribution in [3.8, 4) is 17.3 Å². The van der Waals surface area contributed by atoms with Crippen molar-refractivity contribution < 1.29 is 9.47 Å². The molecule has 2 heterocycles. The summed E-state index contributed by atoms with van der Waals surface area (Å²) in [7, 11) is 3.18. The van der Waals surface area contributed by atoms with E-state index < -0.39 is 0 Å². The predicted molar refractivity (Wildman–Crippen MR) is 78.9 cm³/mol. The smallest absolute Gasteiger partial charge is 0.245 e. The van der Waals surface area contributed by atoms with E-state index in [0.29, 0.717) is 23.0 Å². The fourth-order valence-corrected chi connectivity index (χ4v) is 2.29. The highest BCUT2D eigenvalue weighted by atomic mass is 16.5. The molecule has 0 bridgehead atoms. The van der Waals surface area contributed by atoms with Crippen LogP contribution < -0.4 is 15.2 Å². The van der Waals surface area contributed by atoms with Gasteiger partial charge < -0.3 is 15.2 Å². The summed E-state index contributed by atoms with van der Waals surface area (Å²) in [6, 6.07) is 5.75. The normalized spacial score (nSPS) is 10.8. The summed E-state index contributed by atoms with van der Waals surface area (Å²) in [6.45, 7) is 1.97. The summed E-state index contributed by atoms with van der Waals surface area (Å²) in [6.07, 6.45) is 1.43. The third-order valence-corrected chi connectivity index (χ3v) is 3.27. The molecule has 1 aromatic carbocycles. The highest BCUT2D eigenvalue weighted by Crippen LogP contribution is 2.28. The summed E-state index contributed by atoms with van der Waals surface area (Å²) < 4.78 is 12.2. The second kappa shape index (κ2) is 4.93. The van der Waals surface area contributed by atoms with Crippen LogP contribution in [0.4, 0.5) is 5.95 Å². The molecule has 0 atom stereocenters. The minimum atomic E-state index is 0.327. The highest BCUT2D eigenvalue weighted by Gasteiger charge is 2.16. The Morgan fingerprint density at radius 1 is 1.14 bits per heavy atom. The van der Waals surface area contributed by atoms with E-state index in [1.165, 1.54) is 13.4 Å². The molecule has 2 aromatic heterocycles. The lowest BCUT2D eigenvalue weighted by atomic mass is 10.2. The van der Waals surface area contributed by atoms with Gasteiger partial charge in [-0.1, -0.05) is 0 Å². The van der Waals surface area contributed by atoms with Gasteiger partial charge in [0.05, 0.1) is 19.9 Å². The Morgan fingerprint density at radius 3 is 2.62 bits per heavy atom. The van der Waals surface area contributed by atoms with Gasteiger partial charge in [0, 0.05) is 0 Å². The number of methoxy groups -OCH3 is 2. The van der Waals surface area contributed by atoms with Gasteiger partial charge in [0.2, 0.25) is 11.8 Å². The Morgan fingerprint density at radius 2 is 1.95 bits per heavy atom. The van der Waals surface area contributed by atoms with Crippen LogP contribution in [0.5, 0.6) is 11.6 Å². The lowest BCUT2D eigenvalue weighted by Crippen LogP contribution is -2.02. The Bertz CT molecular complexity index is 812. The predicted octanol–water partition coefficient (Wildman–Crippen LogP) is 1.72. The average Bonchev–Trinajstić information content (AvgIpc) is 2.82. The third-order valence-electron chi connectivity index (χ3n) is 3.27. The van der Waals surface area contributed by atoms with Crippen molar-refractivity contribution in [1.82, 2.24) is 19.5 Å². The number of hydrogen-bond donors (Lipinski definition) is 1. The Kier molecular flexibility index (Phi) is 3.09. The zero-order valence-corrected chi connectivity index (χ0v) is 12.0. The fraction of sp³-hybridized carbons (Fsp3) is 0.214. The first-order valence-corrected chi connectivity index (χ1v) is 6.33. The van der Waals surface area contributed by atoms with Gasteiger partial charge in [-0.25, -0.2) is 9.97 Å². The van der Waals surface area contributed by atoms with Gasteiger partial charge in [-0.3, -0.25) is 4.57 Å². The standard InChI is InChI=1S/C14H15N5O2/c1-8-6-9(4-5-10(8)20-2)19-12-11(18-14(19)15)13(21-3)17-7-16-12/h4-7H,1-3H3,(H2,15,18). The van der Waals surface area contributed by atoms with Gasteiger partial charge in [0.1, 0.15) is 12.1 Å². The molecule has 0 saturated carbocycles. The molecule has 3 aromatic rings. The lowest BCUT2D eigenvalue weighted by molar-refractivity contribution is 0.401. The zero-order valence-electron chi connectivity index (χ0n) is 12.0. The maximum atomic E-state index is 6.03. The van der Waals surface area contributed by atoms with E-state index in [9.17, 15) is 0 Å². The zero-order chi connectivity index (χ0) is 15.0. The van der Waals surface area contributed by atoms with E-state index in [4.69, 9.17) is 15.2 Å². The van der Waals surface area contributed by atoms with Crippen LogP contribution >= 0.6 is 0 Å². The molecule has 3 rings (SSSR count). The van der Waals surface area contributed by atoms with Gasteiger partial charge >= 0.3 is 0 Å². The van der Waals surface area contributed by atoms with Crippen molar-refractivity contribution in [3.05, 3.63) is 30.1 Å². The summed E-state index contributed by atoms with van der Waals surface area (Å²) in [5.74, 6) is 1.54. The van der Waals surface area contributed by atoms with Crippen LogP contribution in [-0.2, 0) is 0 Å². The number of benzene rings is 1. The molecule has 108 valence electrons. The maximum Gasteiger partial charge on any atom is 0.245 e. The largest absolute Gasteiger partial charge is 0.496 e. The first-order chi connectivity index (χ1) is 10.2. The number of rotatable bonds is 3. The average molecular weight is 285 g/mol. The van der Waals surface area contributed by atoms with E-state index in [-0.39, 0.29) is 0 Å². The topological polar surface area (TPSA) is 88.1 Å². The van der Waals surface area contributed by atoms with E-state index in [1.54, 1.807) is 11.7 Å². The Hall–Kier alpha value is -2.83. The van der Waals surface area contributed by atoms with Crippen LogP contribution in [0.25, 0.3) is 16.9 Å². The molecule has 0 unspecified atom stereocenters. The van der Waals surface area contributed by atoms with Gasteiger partial charge in [0.15, 0.2) is 11.2 Å². The molecule has 0 aliphatic heterocycles. The van der Waals surface area contributed by atoms with Crippen LogP contribution in [0.15, 0.2) is 24.5 Å². The Labute approximate surface area is 121 Å². The summed E-state index contributed by atoms with van der Waals surface area (Å²) >= 11 is 0. The second-order valence-corrected chi connectivity index (χ2v) is 4.51. The number of imidazole rings is 1. The van der Waals surface area contributed by atoms with Crippen molar-refractivity contribution in [2.24, 2.45) is 0 Å². The summed E-state index contributed by atoms with van der Waals surface area (Å²) in [5, 5.41) is 0. The molecule has 21 heavy (non-hydrogen) atoms. The minimum absolute atomic E-state index is 0.327. The van der Waals surface area contributed by atoms with E-state index in [1.807, 2.05) is 25.1 Å². The molecule has 2 N–H and O–H groups in total. The number of fused-ring (bicyclic) bond motifs is 1. The molecule has 0 amide bonds. The SMILES string of the molecule is COc1ccc(-n2c(N)nc3c(OC)ncnc32)cc1C. The first kappa shape index (κ1) is 13.2. The van der Waals surface area contributed by atoms with Crippen LogP contribution in [0.2, 0.25) is 0 Å². The number of ether oxygens (including phenoxy) is 2. The highest BCUT2D eigenvalue weighted by molar-refractivity contribution is 5.81. The molecular weight excluding hydrogens is 270 g/mol. The van der Waals surface area contributed by atoms with Gasteiger partial charge in [-0.2, -0.15) is 4.98 Å². The minimum Gasteiger partial charge on any atom is -0.496 e. The molecule has 7 heteroatoms. The summed E-state index contributed by atoms with van der Waals surface area (Å²) in [5.41, 5.74) is 9.01. The van der Waals surface area contributed by atoms with Crippen LogP contribution in [0.3, 0.4) is 0 Å². The van der Waals surface area contributed by atoms with Gasteiger partial charge in [-0.05, 0) is 30.7 Å². The van der Waals surface area contributed by atoms with E-state index in [2.05, 4.69) is 15.0 Å². The molecular formula is C14H15N5O2. The van der Waals surface area contributed by atoms with Crippen LogP contribution in [0, 0.1) is 6.92 Å². The van der Waals surface area contributed by atoms with Crippen molar-refractivity contribution in [1.29, 1.82) is 0 Å². The number of aryl methyl sites for hydroxylation is 1. The number of anilines is 1. The Balaban J connectivity index is 2.25. The van der Waals surface area contributed by atoms with Crippen LogP contribution in [-0.4, -0.2) is 33.7 Å². The number of nitrogens with two attached hydrogens (primary N) is 1. The molecule has 0 saturated heterocycles. The van der Waals surface area contributed by atoms with E-state index in [0.717, 1.165) is 17.0 Å². The number of nitrogens with zero attached hydrogens (tertiary/aromatic N) is 4. The van der Waals surface area contributed by atoms with Gasteiger partial charge in [-0.15, -0.1) is 0 Å². The fourth-order valence-electron chi connectivity index (χ4n) is 2.29. The molecule has 0 spiro atoms. The molecule has 7 nitrogen and oxygen atoms in total. The van der Waals surface area contributed by atoms with Crippen molar-refractivity contribution in [3.63, 3.8) is 0 Å². The maximum absolute atomic E-state index is 6.03. The van der Waals surface area contributed by atoms with Crippen molar-refractivity contribution in [2.75, 3.05) is 20.0 Å². The number of aromatic nitrogens is 4. The van der Waals surface area contributed by atoms with Gasteiger partial charge in [0.25, 0.3) is 0 Å². The van der Waals surface area contributed by atoms with Crippen molar-refractivity contribution >= 4 is 17.1 Å². The first-order valence-electron chi connectivity index (χ1n) is 6.33. The monoisotopic (exact) mass is 285 g/mol. The number of nitrogen functional groups attached to an aromatic ring is 1. The third kappa shape index (κ3) is 2.03. The molecule has 0 aliphatic carbocycles. The quantitative estimate of drug-likeness (QED) is 0.788. The van der Waals surface area contributed by atoms with Crippen molar-refractivity contribution in [2.45, 2.75) is 6.92 Å². The van der Waals surface area contributed by atoms with Crippen LogP contribution in [0.1, 0.15) is 5.56 Å². The molecule has 0 fully saturated rings. The number of hydrogen-bond acceptors (Lipinski definition) is 6.